The predicted molar refractivity (Wildman–Crippen MR) is 126 cm³/mol. The fourth-order valence-corrected chi connectivity index (χ4v) is 2.42. The van der Waals surface area contributed by atoms with E-state index in [4.69, 9.17) is 5.73 Å². The van der Waals surface area contributed by atoms with Gasteiger partial charge in [-0.25, -0.2) is 0 Å². The van der Waals surface area contributed by atoms with Crippen LogP contribution >= 0.6 is 37.5 Å². The molecule has 0 atom stereocenters. The summed E-state index contributed by atoms with van der Waals surface area (Å²) in [6.45, 7) is 2.98. The summed E-state index contributed by atoms with van der Waals surface area (Å²) in [5, 5.41) is 7.74. The molecule has 0 saturated heterocycles. The Labute approximate surface area is 204 Å². The average Bonchev–Trinajstić information content (AvgIpc) is 2.65. The molecule has 0 saturated carbocycles. The van der Waals surface area contributed by atoms with E-state index in [2.05, 4.69) is 79.1 Å². The van der Waals surface area contributed by atoms with Crippen LogP contribution in [0.3, 0.4) is 0 Å². The zero-order valence-corrected chi connectivity index (χ0v) is 22.0. The number of hydrogen-bond donors (Lipinski definition) is 1. The first-order chi connectivity index (χ1) is 12.9. The first-order valence-corrected chi connectivity index (χ1v) is 11.9. The first kappa shape index (κ1) is 29.8. The van der Waals surface area contributed by atoms with E-state index in [1.165, 1.54) is 5.56 Å². The Bertz CT molecular complexity index is 712. The van der Waals surface area contributed by atoms with Crippen molar-refractivity contribution in [2.75, 3.05) is 14.1 Å². The summed E-state index contributed by atoms with van der Waals surface area (Å²) in [6, 6.07) is 19.1. The average molecular weight is 688 g/mol. The van der Waals surface area contributed by atoms with Crippen LogP contribution in [0.1, 0.15) is 24.5 Å². The monoisotopic (exact) mass is 686 g/mol. The van der Waals surface area contributed by atoms with Gasteiger partial charge in [0.1, 0.15) is 0 Å². The van der Waals surface area contributed by atoms with Crippen molar-refractivity contribution >= 4 is 61.0 Å². The summed E-state index contributed by atoms with van der Waals surface area (Å²) < 4.78 is 1.01. The van der Waals surface area contributed by atoms with E-state index in [0.717, 1.165) is 28.7 Å². The van der Waals surface area contributed by atoms with Gasteiger partial charge in [0.25, 0.3) is 0 Å². The van der Waals surface area contributed by atoms with Crippen LogP contribution in [0, 0.1) is 6.07 Å². The SMILES string of the molecule is CC/C(=N\N=C(\N)[S-])c1cccc(Br)c1.CN(C)Cc1[c-]cccc1.Cl.[Cl][Au]. The fraction of sp³-hybridized carbons (Fsp3) is 0.263. The molecule has 28 heavy (non-hydrogen) atoms. The van der Waals surface area contributed by atoms with Crippen LogP contribution < -0.4 is 5.73 Å². The molecule has 0 bridgehead atoms. The van der Waals surface area contributed by atoms with Crippen molar-refractivity contribution in [1.29, 1.82) is 0 Å². The molecule has 160 valence electrons. The second-order valence-electron chi connectivity index (χ2n) is 5.47. The van der Waals surface area contributed by atoms with Gasteiger partial charge in [0, 0.05) is 11.0 Å². The third-order valence-corrected chi connectivity index (χ3v) is 3.60. The molecular weight excluding hydrogens is 664 g/mol. The molecule has 0 fully saturated rings. The Kier molecular flexibility index (Phi) is 19.7. The second kappa shape index (κ2) is 18.6. The van der Waals surface area contributed by atoms with E-state index in [-0.39, 0.29) is 17.6 Å². The molecule has 2 N–H and O–H groups in total. The van der Waals surface area contributed by atoms with Gasteiger partial charge < -0.3 is 23.3 Å². The Morgan fingerprint density at radius 3 is 2.36 bits per heavy atom. The van der Waals surface area contributed by atoms with Gasteiger partial charge >= 0.3 is 29.2 Å². The van der Waals surface area contributed by atoms with Crippen molar-refractivity contribution in [3.63, 3.8) is 0 Å². The number of halogens is 3. The van der Waals surface area contributed by atoms with Crippen molar-refractivity contribution in [1.82, 2.24) is 4.90 Å². The van der Waals surface area contributed by atoms with Crippen molar-refractivity contribution in [3.8, 4) is 0 Å². The quantitative estimate of drug-likeness (QED) is 0.119. The third kappa shape index (κ3) is 14.5. The zero-order valence-electron chi connectivity index (χ0n) is 15.8. The van der Waals surface area contributed by atoms with E-state index < -0.39 is 0 Å². The molecule has 0 aliphatic heterocycles. The molecule has 2 rings (SSSR count). The van der Waals surface area contributed by atoms with Gasteiger partial charge in [-0.1, -0.05) is 35.0 Å². The molecule has 0 aliphatic carbocycles. The summed E-state index contributed by atoms with van der Waals surface area (Å²) in [4.78, 5) is 2.13. The van der Waals surface area contributed by atoms with Gasteiger partial charge in [0.15, 0.2) is 0 Å². The minimum atomic E-state index is 0. The van der Waals surface area contributed by atoms with E-state index in [1.807, 2.05) is 49.4 Å². The molecule has 9 heteroatoms. The van der Waals surface area contributed by atoms with Crippen molar-refractivity contribution in [2.45, 2.75) is 19.9 Å². The summed E-state index contributed by atoms with van der Waals surface area (Å²) in [6.07, 6.45) is 0.780. The number of nitrogens with two attached hydrogens (primary N) is 1. The van der Waals surface area contributed by atoms with Crippen molar-refractivity contribution in [3.05, 3.63) is 70.2 Å². The Hall–Kier alpha value is -0.440. The molecule has 0 aromatic heterocycles. The van der Waals surface area contributed by atoms with Crippen molar-refractivity contribution < 1.29 is 20.0 Å². The molecule has 0 amide bonds. The molecular formula is C19H24AuBrCl2N4S-2. The number of nitrogens with zero attached hydrogens (tertiary/aromatic N) is 3. The molecule has 0 heterocycles. The maximum absolute atomic E-state index is 5.25. The van der Waals surface area contributed by atoms with Crippen LogP contribution in [0.15, 0.2) is 63.2 Å². The first-order valence-electron chi connectivity index (χ1n) is 7.97. The van der Waals surface area contributed by atoms with Crippen LogP contribution in [0.4, 0.5) is 0 Å². The van der Waals surface area contributed by atoms with Crippen LogP contribution in [0.5, 0.6) is 0 Å². The molecule has 2 aromatic rings. The molecule has 4 nitrogen and oxygen atoms in total. The normalized spacial score (nSPS) is 10.9. The Morgan fingerprint density at radius 1 is 1.21 bits per heavy atom. The van der Waals surface area contributed by atoms with Crippen LogP contribution in [0.2, 0.25) is 0 Å². The van der Waals surface area contributed by atoms with Gasteiger partial charge in [0.2, 0.25) is 0 Å². The fourth-order valence-electron chi connectivity index (χ4n) is 1.98. The summed E-state index contributed by atoms with van der Waals surface area (Å²) in [5.74, 6) is 0. The number of amidine groups is 1. The number of rotatable bonds is 5. The number of benzene rings is 2. The minimum absolute atomic E-state index is 0. The molecule has 0 unspecified atom stereocenters. The predicted octanol–water partition coefficient (Wildman–Crippen LogP) is 5.08. The zero-order chi connectivity index (χ0) is 20.7. The number of hydrogen-bond acceptors (Lipinski definition) is 4. The molecule has 0 radical (unpaired) electrons. The summed E-state index contributed by atoms with van der Waals surface area (Å²) in [7, 11) is 8.70. The van der Waals surface area contributed by atoms with Crippen LogP contribution in [-0.2, 0) is 39.2 Å². The van der Waals surface area contributed by atoms with Crippen LogP contribution in [-0.4, -0.2) is 29.9 Å². The summed E-state index contributed by atoms with van der Waals surface area (Å²) >= 11 is 9.79. The molecule has 0 aliphatic rings. The Balaban J connectivity index is 0. The van der Waals surface area contributed by atoms with Gasteiger partial charge in [-0.05, 0) is 43.4 Å². The van der Waals surface area contributed by atoms with Crippen molar-refractivity contribution in [2.24, 2.45) is 15.9 Å². The maximum atomic E-state index is 5.25. The van der Waals surface area contributed by atoms with Gasteiger partial charge in [-0.15, -0.1) is 18.0 Å². The third-order valence-electron chi connectivity index (χ3n) is 3.02. The standard InChI is InChI=1S/C10H12BrN3S.C9H12N.Au.2ClH/c1-2-9(13-14-10(12)15)7-4-3-5-8(11)6-7;1-10(2)8-9-6-4-3-5-7-9;;;/h3-6H,2H2,1H3,(H3,12,14,15);3-6H,8H2,1-2H3;;2*1H/q;-1;+1;;/p-2/b13-9+;;;;. The van der Waals surface area contributed by atoms with E-state index >= 15 is 0 Å². The van der Waals surface area contributed by atoms with E-state index in [1.54, 1.807) is 20.0 Å². The molecule has 0 spiro atoms. The van der Waals surface area contributed by atoms with E-state index in [0.29, 0.717) is 0 Å². The van der Waals surface area contributed by atoms with Gasteiger partial charge in [0.05, 0.1) is 5.71 Å². The van der Waals surface area contributed by atoms with E-state index in [9.17, 15) is 0 Å². The Morgan fingerprint density at radius 2 is 1.89 bits per heavy atom. The van der Waals surface area contributed by atoms with Gasteiger partial charge in [-0.2, -0.15) is 40.5 Å². The topological polar surface area (TPSA) is 54.0 Å². The summed E-state index contributed by atoms with van der Waals surface area (Å²) in [5.41, 5.74) is 8.38. The van der Waals surface area contributed by atoms with Gasteiger partial charge in [-0.3, -0.25) is 0 Å². The van der Waals surface area contributed by atoms with Crippen LogP contribution in [0.25, 0.3) is 0 Å². The molecule has 2 aromatic carbocycles. The second-order valence-corrected chi connectivity index (χ2v) is 6.81.